The van der Waals surface area contributed by atoms with Crippen molar-refractivity contribution in [3.8, 4) is 0 Å². The number of carbonyl (C=O) groups is 3. The second-order valence-corrected chi connectivity index (χ2v) is 7.95. The largest absolute Gasteiger partial charge is 0.365 e. The molecule has 3 rings (SSSR count). The molecular weight excluding hydrogens is 340 g/mol. The van der Waals surface area contributed by atoms with Crippen molar-refractivity contribution in [3.05, 3.63) is 16.0 Å². The quantitative estimate of drug-likeness (QED) is 0.668. The lowest BCUT2D eigenvalue weighted by Crippen LogP contribution is -2.39. The topological polar surface area (TPSA) is 105 Å². The summed E-state index contributed by atoms with van der Waals surface area (Å²) in [5.74, 6) is -0.808. The molecule has 1 aromatic rings. The van der Waals surface area contributed by atoms with Crippen LogP contribution in [-0.2, 0) is 22.4 Å². The minimum absolute atomic E-state index is 0.0674. The van der Waals surface area contributed by atoms with Gasteiger partial charge in [0.2, 0.25) is 11.8 Å². The number of aryl methyl sites for hydroxylation is 1. The lowest BCUT2D eigenvalue weighted by atomic mass is 9.95. The number of hydrogen-bond donors (Lipinski definition) is 3. The summed E-state index contributed by atoms with van der Waals surface area (Å²) in [6.45, 7) is 0.256. The fourth-order valence-electron chi connectivity index (χ4n) is 3.13. The molecule has 8 heteroatoms. The van der Waals surface area contributed by atoms with E-state index in [1.807, 2.05) is 0 Å². The van der Waals surface area contributed by atoms with E-state index in [4.69, 9.17) is 5.73 Å². The number of fused-ring (bicyclic) bond motifs is 1. The standard InChI is InChI=1S/C17H24N4O3S/c1-21(8-13(22)19-10-6-7-10)9-14(23)20-17-15(16(18)24)11-4-2-3-5-12(11)25-17/h10H,2-9H2,1H3,(H2,18,24)(H,19,22)(H,20,23). The van der Waals surface area contributed by atoms with E-state index in [-0.39, 0.29) is 24.9 Å². The van der Waals surface area contributed by atoms with Crippen molar-refractivity contribution in [1.29, 1.82) is 0 Å². The molecule has 0 unspecified atom stereocenters. The lowest BCUT2D eigenvalue weighted by Gasteiger charge is -2.15. The van der Waals surface area contributed by atoms with Crippen LogP contribution in [0.25, 0.3) is 0 Å². The fourth-order valence-corrected chi connectivity index (χ4v) is 4.44. The predicted octanol–water partition coefficient (Wildman–Crippen LogP) is 0.875. The summed E-state index contributed by atoms with van der Waals surface area (Å²) in [6.07, 6.45) is 5.97. The first-order valence-electron chi connectivity index (χ1n) is 8.66. The molecule has 25 heavy (non-hydrogen) atoms. The number of rotatable bonds is 7. The van der Waals surface area contributed by atoms with Gasteiger partial charge in [-0.1, -0.05) is 0 Å². The van der Waals surface area contributed by atoms with Gasteiger partial charge in [-0.25, -0.2) is 0 Å². The summed E-state index contributed by atoms with van der Waals surface area (Å²) in [4.78, 5) is 38.7. The van der Waals surface area contributed by atoms with Gasteiger partial charge in [-0.2, -0.15) is 0 Å². The van der Waals surface area contributed by atoms with Crippen LogP contribution in [0, 0.1) is 0 Å². The van der Waals surface area contributed by atoms with E-state index >= 15 is 0 Å². The molecule has 0 bridgehead atoms. The molecule has 0 atom stereocenters. The van der Waals surface area contributed by atoms with Crippen molar-refractivity contribution >= 4 is 34.1 Å². The summed E-state index contributed by atoms with van der Waals surface area (Å²) < 4.78 is 0. The Bertz CT molecular complexity index is 696. The van der Waals surface area contributed by atoms with Crippen molar-refractivity contribution < 1.29 is 14.4 Å². The minimum Gasteiger partial charge on any atom is -0.365 e. The molecule has 2 aliphatic carbocycles. The number of nitrogens with zero attached hydrogens (tertiary/aromatic N) is 1. The number of nitrogens with two attached hydrogens (primary N) is 1. The van der Waals surface area contributed by atoms with Gasteiger partial charge in [-0.3, -0.25) is 19.3 Å². The maximum atomic E-state index is 12.3. The molecule has 0 saturated heterocycles. The number of amides is 3. The van der Waals surface area contributed by atoms with Crippen molar-refractivity contribution in [1.82, 2.24) is 10.2 Å². The third-order valence-electron chi connectivity index (χ3n) is 4.44. The third-order valence-corrected chi connectivity index (χ3v) is 5.65. The van der Waals surface area contributed by atoms with Crippen molar-refractivity contribution in [3.63, 3.8) is 0 Å². The Balaban J connectivity index is 1.59. The molecule has 3 amide bonds. The molecule has 0 aromatic carbocycles. The smallest absolute Gasteiger partial charge is 0.251 e. The molecule has 7 nitrogen and oxygen atoms in total. The number of hydrogen-bond acceptors (Lipinski definition) is 5. The first-order chi connectivity index (χ1) is 11.9. The Hall–Kier alpha value is -1.93. The van der Waals surface area contributed by atoms with Crippen LogP contribution >= 0.6 is 11.3 Å². The van der Waals surface area contributed by atoms with E-state index in [2.05, 4.69) is 10.6 Å². The molecule has 0 radical (unpaired) electrons. The van der Waals surface area contributed by atoms with Crippen LogP contribution in [0.4, 0.5) is 5.00 Å². The Morgan fingerprint density at radius 3 is 2.52 bits per heavy atom. The highest BCUT2D eigenvalue weighted by atomic mass is 32.1. The van der Waals surface area contributed by atoms with Crippen LogP contribution in [-0.4, -0.2) is 48.8 Å². The zero-order valence-electron chi connectivity index (χ0n) is 14.4. The van der Waals surface area contributed by atoms with Gasteiger partial charge in [0.05, 0.1) is 18.7 Å². The maximum Gasteiger partial charge on any atom is 0.251 e. The maximum absolute atomic E-state index is 12.3. The van der Waals surface area contributed by atoms with Gasteiger partial charge in [0.1, 0.15) is 5.00 Å². The first kappa shape index (κ1) is 17.9. The third kappa shape index (κ3) is 4.58. The molecule has 2 aliphatic rings. The van der Waals surface area contributed by atoms with Gasteiger partial charge >= 0.3 is 0 Å². The molecule has 0 aliphatic heterocycles. The van der Waals surface area contributed by atoms with Gasteiger partial charge in [0.15, 0.2) is 0 Å². The number of anilines is 1. The van der Waals surface area contributed by atoms with Crippen LogP contribution in [0.15, 0.2) is 0 Å². The normalized spacial score (nSPS) is 16.4. The highest BCUT2D eigenvalue weighted by Gasteiger charge is 2.26. The number of thiophene rings is 1. The number of carbonyl (C=O) groups excluding carboxylic acids is 3. The van der Waals surface area contributed by atoms with Crippen LogP contribution in [0.1, 0.15) is 46.5 Å². The SMILES string of the molecule is CN(CC(=O)Nc1sc2c(c1C(N)=O)CCCC2)CC(=O)NC1CC1. The van der Waals surface area contributed by atoms with Crippen LogP contribution in [0.5, 0.6) is 0 Å². The molecule has 1 aromatic heterocycles. The zero-order chi connectivity index (χ0) is 18.0. The summed E-state index contributed by atoms with van der Waals surface area (Å²) in [5, 5.41) is 6.25. The highest BCUT2D eigenvalue weighted by Crippen LogP contribution is 2.37. The van der Waals surface area contributed by atoms with Gasteiger partial charge in [-0.05, 0) is 51.1 Å². The van der Waals surface area contributed by atoms with E-state index in [1.165, 1.54) is 11.3 Å². The molecule has 4 N–H and O–H groups in total. The lowest BCUT2D eigenvalue weighted by molar-refractivity contribution is -0.123. The van der Waals surface area contributed by atoms with Crippen molar-refractivity contribution in [2.45, 2.75) is 44.6 Å². The number of nitrogens with one attached hydrogen (secondary N) is 2. The summed E-state index contributed by atoms with van der Waals surface area (Å²) in [6, 6.07) is 0.310. The zero-order valence-corrected chi connectivity index (χ0v) is 15.2. The Kier molecular flexibility index (Phi) is 5.39. The molecule has 1 heterocycles. The van der Waals surface area contributed by atoms with Crippen molar-refractivity contribution in [2.75, 3.05) is 25.5 Å². The Morgan fingerprint density at radius 2 is 1.84 bits per heavy atom. The predicted molar refractivity (Wildman–Crippen MR) is 96.8 cm³/mol. The van der Waals surface area contributed by atoms with Crippen molar-refractivity contribution in [2.24, 2.45) is 5.73 Å². The van der Waals surface area contributed by atoms with Gasteiger partial charge in [0, 0.05) is 10.9 Å². The highest BCUT2D eigenvalue weighted by molar-refractivity contribution is 7.17. The van der Waals surface area contributed by atoms with Gasteiger partial charge < -0.3 is 16.4 Å². The second-order valence-electron chi connectivity index (χ2n) is 6.84. The minimum atomic E-state index is -0.494. The summed E-state index contributed by atoms with van der Waals surface area (Å²) in [7, 11) is 1.72. The van der Waals surface area contributed by atoms with Crippen LogP contribution in [0.3, 0.4) is 0 Å². The van der Waals surface area contributed by atoms with Gasteiger partial charge in [-0.15, -0.1) is 11.3 Å². The molecular formula is C17H24N4O3S. The van der Waals surface area contributed by atoms with E-state index in [9.17, 15) is 14.4 Å². The van der Waals surface area contributed by atoms with Crippen LogP contribution < -0.4 is 16.4 Å². The summed E-state index contributed by atoms with van der Waals surface area (Å²) in [5.41, 5.74) is 6.99. The monoisotopic (exact) mass is 364 g/mol. The van der Waals surface area contributed by atoms with Crippen LogP contribution in [0.2, 0.25) is 0 Å². The molecule has 136 valence electrons. The molecule has 1 fully saturated rings. The Labute approximate surface area is 150 Å². The average Bonchev–Trinajstić information content (AvgIpc) is 3.24. The molecule has 1 saturated carbocycles. The molecule has 0 spiro atoms. The second kappa shape index (κ2) is 7.53. The number of primary amides is 1. The van der Waals surface area contributed by atoms with E-state index in [1.54, 1.807) is 11.9 Å². The fraction of sp³-hybridized carbons (Fsp3) is 0.588. The number of likely N-dealkylation sites (N-methyl/N-ethyl adjacent to an activating group) is 1. The van der Waals surface area contributed by atoms with E-state index in [0.29, 0.717) is 16.6 Å². The first-order valence-corrected chi connectivity index (χ1v) is 9.47. The summed E-state index contributed by atoms with van der Waals surface area (Å²) >= 11 is 1.45. The average molecular weight is 364 g/mol. The van der Waals surface area contributed by atoms with E-state index in [0.717, 1.165) is 49.0 Å². The van der Waals surface area contributed by atoms with Gasteiger partial charge in [0.25, 0.3) is 5.91 Å². The Morgan fingerprint density at radius 1 is 1.16 bits per heavy atom. The van der Waals surface area contributed by atoms with E-state index < -0.39 is 5.91 Å².